The number of piperazine rings is 1. The van der Waals surface area contributed by atoms with Gasteiger partial charge >= 0.3 is 0 Å². The number of aromatic nitrogens is 1. The lowest BCUT2D eigenvalue weighted by molar-refractivity contribution is -0.121. The maximum absolute atomic E-state index is 12.9. The van der Waals surface area contributed by atoms with Crippen molar-refractivity contribution in [2.45, 2.75) is 12.5 Å². The van der Waals surface area contributed by atoms with Crippen molar-refractivity contribution < 1.29 is 13.2 Å². The molecule has 1 amide bonds. The largest absolute Gasteiger partial charge is 0.354 e. The maximum atomic E-state index is 12.9. The van der Waals surface area contributed by atoms with E-state index in [-0.39, 0.29) is 18.1 Å². The van der Waals surface area contributed by atoms with E-state index in [1.165, 1.54) is 0 Å². The maximum Gasteiger partial charge on any atom is 0.241 e. The first-order chi connectivity index (χ1) is 13.4. The number of hydrogen-bond acceptors (Lipinski definition) is 6. The van der Waals surface area contributed by atoms with Crippen LogP contribution in [0.25, 0.3) is 0 Å². The number of para-hydroxylation sites is 1. The second kappa shape index (κ2) is 9.13. The van der Waals surface area contributed by atoms with Gasteiger partial charge in [-0.2, -0.15) is 0 Å². The average molecular weight is 404 g/mol. The van der Waals surface area contributed by atoms with Crippen LogP contribution in [0.2, 0.25) is 0 Å². The minimum atomic E-state index is -3.65. The van der Waals surface area contributed by atoms with E-state index in [0.717, 1.165) is 5.82 Å². The summed E-state index contributed by atoms with van der Waals surface area (Å²) in [5, 5.41) is 8.05. The minimum Gasteiger partial charge on any atom is -0.354 e. The van der Waals surface area contributed by atoms with E-state index in [1.54, 1.807) is 18.3 Å². The van der Waals surface area contributed by atoms with Crippen LogP contribution in [0.1, 0.15) is 6.42 Å². The summed E-state index contributed by atoms with van der Waals surface area (Å²) in [4.78, 5) is 21.4. The van der Waals surface area contributed by atoms with Crippen molar-refractivity contribution >= 4 is 27.4 Å². The van der Waals surface area contributed by atoms with E-state index in [9.17, 15) is 13.2 Å². The SMILES string of the molecule is NS(=O)(=O)CCC(C(=O)Nc1ccccc1)N1CCN(c2ccccn2)CC1. The van der Waals surface area contributed by atoms with E-state index >= 15 is 0 Å². The first kappa shape index (κ1) is 20.2. The molecule has 28 heavy (non-hydrogen) atoms. The van der Waals surface area contributed by atoms with Crippen LogP contribution < -0.4 is 15.4 Å². The van der Waals surface area contributed by atoms with Gasteiger partial charge in [0.25, 0.3) is 0 Å². The standard InChI is InChI=1S/C19H25N5O3S/c20-28(26,27)15-9-17(19(25)22-16-6-2-1-3-7-16)23-11-13-24(14-12-23)18-8-4-5-10-21-18/h1-8,10,17H,9,11-15H2,(H,22,25)(H2,20,26,27). The van der Waals surface area contributed by atoms with Crippen LogP contribution in [0.3, 0.4) is 0 Å². The average Bonchev–Trinajstić information content (AvgIpc) is 2.69. The molecule has 1 aromatic heterocycles. The van der Waals surface area contributed by atoms with Gasteiger partial charge in [-0.1, -0.05) is 24.3 Å². The molecule has 1 unspecified atom stereocenters. The monoisotopic (exact) mass is 403 g/mol. The van der Waals surface area contributed by atoms with Crippen molar-refractivity contribution in [1.29, 1.82) is 0 Å². The molecule has 0 radical (unpaired) electrons. The number of nitrogens with one attached hydrogen (secondary N) is 1. The zero-order valence-electron chi connectivity index (χ0n) is 15.6. The fraction of sp³-hybridized carbons (Fsp3) is 0.368. The van der Waals surface area contributed by atoms with Crippen molar-refractivity contribution in [2.24, 2.45) is 5.14 Å². The topological polar surface area (TPSA) is 109 Å². The third-order valence-corrected chi connectivity index (χ3v) is 5.55. The molecule has 1 saturated heterocycles. The van der Waals surface area contributed by atoms with Crippen molar-refractivity contribution in [3.63, 3.8) is 0 Å². The summed E-state index contributed by atoms with van der Waals surface area (Å²) in [6, 6.07) is 14.3. The lowest BCUT2D eigenvalue weighted by atomic mass is 10.1. The van der Waals surface area contributed by atoms with Crippen LogP contribution in [0.4, 0.5) is 11.5 Å². The summed E-state index contributed by atoms with van der Waals surface area (Å²) in [6.07, 6.45) is 1.91. The highest BCUT2D eigenvalue weighted by Gasteiger charge is 2.30. The third kappa shape index (κ3) is 5.75. The molecule has 1 atom stereocenters. The highest BCUT2D eigenvalue weighted by Crippen LogP contribution is 2.17. The van der Waals surface area contributed by atoms with Crippen molar-refractivity contribution in [3.05, 3.63) is 54.7 Å². The Morgan fingerprint density at radius 2 is 1.75 bits per heavy atom. The molecule has 0 bridgehead atoms. The van der Waals surface area contributed by atoms with E-state index in [0.29, 0.717) is 31.9 Å². The number of carbonyl (C=O) groups excluding carboxylic acids is 1. The Kier molecular flexibility index (Phi) is 6.61. The van der Waals surface area contributed by atoms with E-state index < -0.39 is 16.1 Å². The molecule has 0 spiro atoms. The lowest BCUT2D eigenvalue weighted by Gasteiger charge is -2.39. The van der Waals surface area contributed by atoms with Crippen LogP contribution in [-0.4, -0.2) is 62.2 Å². The van der Waals surface area contributed by atoms with Gasteiger partial charge in [-0.05, 0) is 30.7 Å². The second-order valence-corrected chi connectivity index (χ2v) is 8.47. The number of sulfonamides is 1. The fourth-order valence-corrected chi connectivity index (χ4v) is 3.86. The second-order valence-electron chi connectivity index (χ2n) is 6.74. The first-order valence-electron chi connectivity index (χ1n) is 9.19. The molecular formula is C19H25N5O3S. The van der Waals surface area contributed by atoms with Gasteiger partial charge < -0.3 is 10.2 Å². The minimum absolute atomic E-state index is 0.154. The number of pyridine rings is 1. The third-order valence-electron chi connectivity index (χ3n) is 4.75. The van der Waals surface area contributed by atoms with Gasteiger partial charge in [-0.25, -0.2) is 18.5 Å². The Hall–Kier alpha value is -2.49. The van der Waals surface area contributed by atoms with E-state index in [2.05, 4.69) is 15.2 Å². The summed E-state index contributed by atoms with van der Waals surface area (Å²) in [7, 11) is -3.65. The number of benzene rings is 1. The molecule has 0 saturated carbocycles. The number of nitrogens with zero attached hydrogens (tertiary/aromatic N) is 3. The molecule has 1 aliphatic rings. The summed E-state index contributed by atoms with van der Waals surface area (Å²) in [5.74, 6) is 0.443. The number of amides is 1. The Labute approximate surface area is 165 Å². The molecule has 0 aliphatic carbocycles. The van der Waals surface area contributed by atoms with Gasteiger partial charge in [-0.15, -0.1) is 0 Å². The highest BCUT2D eigenvalue weighted by molar-refractivity contribution is 7.89. The molecule has 3 N–H and O–H groups in total. The van der Waals surface area contributed by atoms with E-state index in [4.69, 9.17) is 5.14 Å². The zero-order valence-corrected chi connectivity index (χ0v) is 16.4. The Bertz CT molecular complexity index is 869. The Morgan fingerprint density at radius 1 is 1.07 bits per heavy atom. The molecule has 9 heteroatoms. The number of hydrogen-bond donors (Lipinski definition) is 2. The number of primary sulfonamides is 1. The van der Waals surface area contributed by atoms with Gasteiger partial charge in [0.05, 0.1) is 11.8 Å². The smallest absolute Gasteiger partial charge is 0.241 e. The number of anilines is 2. The van der Waals surface area contributed by atoms with Gasteiger partial charge in [0.15, 0.2) is 0 Å². The summed E-state index contributed by atoms with van der Waals surface area (Å²) >= 11 is 0. The van der Waals surface area contributed by atoms with Crippen LogP contribution in [0.5, 0.6) is 0 Å². The zero-order chi connectivity index (χ0) is 20.0. The van der Waals surface area contributed by atoms with E-state index in [1.807, 2.05) is 41.3 Å². The summed E-state index contributed by atoms with van der Waals surface area (Å²) < 4.78 is 22.9. The number of carbonyl (C=O) groups is 1. The molecule has 1 aromatic carbocycles. The predicted molar refractivity (Wildman–Crippen MR) is 109 cm³/mol. The molecule has 1 aliphatic heterocycles. The molecular weight excluding hydrogens is 378 g/mol. The molecule has 2 heterocycles. The molecule has 1 fully saturated rings. The molecule has 3 rings (SSSR count). The molecule has 150 valence electrons. The Morgan fingerprint density at radius 3 is 2.36 bits per heavy atom. The number of nitrogens with two attached hydrogens (primary N) is 1. The first-order valence-corrected chi connectivity index (χ1v) is 10.9. The van der Waals surface area contributed by atoms with Gasteiger partial charge in [0.2, 0.25) is 15.9 Å². The van der Waals surface area contributed by atoms with Crippen molar-refractivity contribution in [1.82, 2.24) is 9.88 Å². The molecule has 8 nitrogen and oxygen atoms in total. The van der Waals surface area contributed by atoms with Crippen LogP contribution in [-0.2, 0) is 14.8 Å². The highest BCUT2D eigenvalue weighted by atomic mass is 32.2. The lowest BCUT2D eigenvalue weighted by Crippen LogP contribution is -2.54. The summed E-state index contributed by atoms with van der Waals surface area (Å²) in [5.41, 5.74) is 0.681. The van der Waals surface area contributed by atoms with Crippen LogP contribution in [0, 0.1) is 0 Å². The van der Waals surface area contributed by atoms with Crippen LogP contribution >= 0.6 is 0 Å². The fourth-order valence-electron chi connectivity index (χ4n) is 3.31. The van der Waals surface area contributed by atoms with Crippen LogP contribution in [0.15, 0.2) is 54.7 Å². The Balaban J connectivity index is 1.67. The molecule has 2 aromatic rings. The van der Waals surface area contributed by atoms with Crippen molar-refractivity contribution in [2.75, 3.05) is 42.1 Å². The van der Waals surface area contributed by atoms with Gasteiger partial charge in [0, 0.05) is 38.1 Å². The summed E-state index contributed by atoms with van der Waals surface area (Å²) in [6.45, 7) is 2.69. The van der Waals surface area contributed by atoms with Crippen molar-refractivity contribution in [3.8, 4) is 0 Å². The normalized spacial score (nSPS) is 16.5. The van der Waals surface area contributed by atoms with Gasteiger partial charge in [-0.3, -0.25) is 9.69 Å². The predicted octanol–water partition coefficient (Wildman–Crippen LogP) is 0.889. The number of rotatable bonds is 7. The quantitative estimate of drug-likeness (QED) is 0.711. The van der Waals surface area contributed by atoms with Gasteiger partial charge in [0.1, 0.15) is 5.82 Å².